The number of nitrogens with two attached hydrogens (primary N) is 1. The van der Waals surface area contributed by atoms with Crippen LogP contribution in [-0.2, 0) is 0 Å². The van der Waals surface area contributed by atoms with E-state index in [0.717, 1.165) is 23.3 Å². The number of pyridine rings is 1. The van der Waals surface area contributed by atoms with Gasteiger partial charge < -0.3 is 11.1 Å². The Kier molecular flexibility index (Phi) is 3.84. The number of carbonyl (C=O) groups excluding carboxylic acids is 1. The van der Waals surface area contributed by atoms with Crippen LogP contribution in [-0.4, -0.2) is 36.6 Å². The third-order valence-corrected chi connectivity index (χ3v) is 5.82. The van der Waals surface area contributed by atoms with Gasteiger partial charge in [-0.1, -0.05) is 6.07 Å². The molecule has 8 heteroatoms. The molecule has 1 amide bonds. The van der Waals surface area contributed by atoms with Gasteiger partial charge in [-0.25, -0.2) is 13.9 Å². The maximum absolute atomic E-state index is 14.9. The maximum atomic E-state index is 14.9. The Labute approximate surface area is 166 Å². The lowest BCUT2D eigenvalue weighted by Gasteiger charge is -2.26. The van der Waals surface area contributed by atoms with Crippen LogP contribution in [0.15, 0.2) is 49.1 Å². The van der Waals surface area contributed by atoms with Crippen LogP contribution < -0.4 is 11.1 Å². The van der Waals surface area contributed by atoms with Crippen LogP contribution in [0.4, 0.5) is 10.1 Å². The number of carbonyl (C=O) groups is 1. The summed E-state index contributed by atoms with van der Waals surface area (Å²) in [7, 11) is 0. The highest BCUT2D eigenvalue weighted by molar-refractivity contribution is 6.02. The highest BCUT2D eigenvalue weighted by atomic mass is 19.1. The molecule has 7 nitrogen and oxygen atoms in total. The molecule has 4 heterocycles. The minimum Gasteiger partial charge on any atom is -0.377 e. The lowest BCUT2D eigenvalue weighted by Crippen LogP contribution is -2.36. The van der Waals surface area contributed by atoms with Crippen LogP contribution in [0.25, 0.3) is 22.4 Å². The molecule has 0 saturated heterocycles. The van der Waals surface area contributed by atoms with Gasteiger partial charge in [-0.05, 0) is 44.4 Å². The molecule has 5 rings (SSSR count). The SMILES string of the molecule is CC1(F)CCCC1Nc1c(C(N)=O)cnn2cc(-c3cnc4ccccn34)cc12. The van der Waals surface area contributed by atoms with E-state index in [1.807, 2.05) is 41.1 Å². The number of halogens is 1. The van der Waals surface area contributed by atoms with Gasteiger partial charge >= 0.3 is 0 Å². The highest BCUT2D eigenvalue weighted by Crippen LogP contribution is 2.37. The fourth-order valence-electron chi connectivity index (χ4n) is 4.21. The number of hydrogen-bond acceptors (Lipinski definition) is 4. The van der Waals surface area contributed by atoms with E-state index in [4.69, 9.17) is 5.73 Å². The van der Waals surface area contributed by atoms with Crippen molar-refractivity contribution in [1.82, 2.24) is 19.0 Å². The Morgan fingerprint density at radius 1 is 1.38 bits per heavy atom. The molecule has 0 radical (unpaired) electrons. The number of alkyl halides is 1. The van der Waals surface area contributed by atoms with Crippen molar-refractivity contribution in [2.75, 3.05) is 5.32 Å². The van der Waals surface area contributed by atoms with E-state index in [-0.39, 0.29) is 11.6 Å². The zero-order chi connectivity index (χ0) is 20.2. The van der Waals surface area contributed by atoms with E-state index < -0.39 is 11.6 Å². The first-order valence-electron chi connectivity index (χ1n) is 9.63. The van der Waals surface area contributed by atoms with E-state index in [9.17, 15) is 9.18 Å². The summed E-state index contributed by atoms with van der Waals surface area (Å²) < 4.78 is 18.5. The van der Waals surface area contributed by atoms with Crippen molar-refractivity contribution in [3.8, 4) is 11.3 Å². The summed E-state index contributed by atoms with van der Waals surface area (Å²) in [6.07, 6.45) is 9.01. The van der Waals surface area contributed by atoms with Crippen molar-refractivity contribution in [3.05, 3.63) is 54.6 Å². The van der Waals surface area contributed by atoms with Crippen LogP contribution in [0.1, 0.15) is 36.5 Å². The van der Waals surface area contributed by atoms with Crippen molar-refractivity contribution in [3.63, 3.8) is 0 Å². The molecule has 148 valence electrons. The zero-order valence-electron chi connectivity index (χ0n) is 16.0. The number of amides is 1. The van der Waals surface area contributed by atoms with Crippen molar-refractivity contribution >= 4 is 22.8 Å². The molecule has 4 aromatic heterocycles. The second kappa shape index (κ2) is 6.30. The van der Waals surface area contributed by atoms with Crippen molar-refractivity contribution in [1.29, 1.82) is 0 Å². The number of primary amides is 1. The molecule has 29 heavy (non-hydrogen) atoms. The van der Waals surface area contributed by atoms with Crippen LogP contribution >= 0.6 is 0 Å². The van der Waals surface area contributed by atoms with Crippen molar-refractivity contribution < 1.29 is 9.18 Å². The van der Waals surface area contributed by atoms with Gasteiger partial charge in [-0.2, -0.15) is 5.10 Å². The molecular formula is C21H21FN6O. The van der Waals surface area contributed by atoms with E-state index >= 15 is 0 Å². The van der Waals surface area contributed by atoms with E-state index in [1.54, 1.807) is 17.6 Å². The summed E-state index contributed by atoms with van der Waals surface area (Å²) in [6, 6.07) is 7.33. The molecule has 1 saturated carbocycles. The van der Waals surface area contributed by atoms with Gasteiger partial charge in [0.05, 0.1) is 40.9 Å². The van der Waals surface area contributed by atoms with Gasteiger partial charge in [0.15, 0.2) is 0 Å². The number of fused-ring (bicyclic) bond motifs is 2. The summed E-state index contributed by atoms with van der Waals surface area (Å²) >= 11 is 0. The zero-order valence-corrected chi connectivity index (χ0v) is 16.0. The molecule has 1 aliphatic carbocycles. The second-order valence-electron chi connectivity index (χ2n) is 7.80. The minimum absolute atomic E-state index is 0.253. The van der Waals surface area contributed by atoms with Crippen LogP contribution in [0.2, 0.25) is 0 Å². The minimum atomic E-state index is -1.34. The van der Waals surface area contributed by atoms with Gasteiger partial charge in [-0.3, -0.25) is 9.20 Å². The number of nitrogens with zero attached hydrogens (tertiary/aromatic N) is 4. The fourth-order valence-corrected chi connectivity index (χ4v) is 4.21. The third-order valence-electron chi connectivity index (χ3n) is 5.82. The number of aromatic nitrogens is 4. The first kappa shape index (κ1) is 17.7. The molecule has 4 aromatic rings. The van der Waals surface area contributed by atoms with Gasteiger partial charge in [0.2, 0.25) is 0 Å². The third kappa shape index (κ3) is 2.83. The number of imidazole rings is 1. The lowest BCUT2D eigenvalue weighted by atomic mass is 10.0. The van der Waals surface area contributed by atoms with Crippen LogP contribution in [0.5, 0.6) is 0 Å². The molecule has 0 aromatic carbocycles. The van der Waals surface area contributed by atoms with Crippen LogP contribution in [0, 0.1) is 0 Å². The molecular weight excluding hydrogens is 371 g/mol. The predicted molar refractivity (Wildman–Crippen MR) is 109 cm³/mol. The Balaban J connectivity index is 1.66. The molecule has 0 spiro atoms. The predicted octanol–water partition coefficient (Wildman–Crippen LogP) is 3.44. The normalized spacial score (nSPS) is 21.8. The topological polar surface area (TPSA) is 89.7 Å². The molecule has 0 aliphatic heterocycles. The number of hydrogen-bond donors (Lipinski definition) is 2. The standard InChI is InChI=1S/C21H21FN6O/c1-21(22)7-4-5-17(21)26-19-14(20(23)29)10-25-28-12-13(9-15(19)28)16-11-24-18-6-2-3-8-27(16)18/h2-3,6,8-12,17,26H,4-5,7H2,1H3,(H2,23,29). The molecule has 2 unspecified atom stereocenters. The summed E-state index contributed by atoms with van der Waals surface area (Å²) in [4.78, 5) is 16.5. The Morgan fingerprint density at radius 3 is 3.00 bits per heavy atom. The monoisotopic (exact) mass is 392 g/mol. The maximum Gasteiger partial charge on any atom is 0.252 e. The largest absolute Gasteiger partial charge is 0.377 e. The summed E-state index contributed by atoms with van der Waals surface area (Å²) in [5, 5.41) is 7.60. The van der Waals surface area contributed by atoms with Gasteiger partial charge in [0.25, 0.3) is 5.91 Å². The number of rotatable bonds is 4. The van der Waals surface area contributed by atoms with E-state index in [2.05, 4.69) is 15.4 Å². The number of anilines is 1. The molecule has 3 N–H and O–H groups in total. The van der Waals surface area contributed by atoms with Crippen molar-refractivity contribution in [2.24, 2.45) is 5.73 Å². The molecule has 0 bridgehead atoms. The average molecular weight is 392 g/mol. The van der Waals surface area contributed by atoms with Gasteiger partial charge in [-0.15, -0.1) is 0 Å². The second-order valence-corrected chi connectivity index (χ2v) is 7.80. The lowest BCUT2D eigenvalue weighted by molar-refractivity contribution is 0.1000. The van der Waals surface area contributed by atoms with Gasteiger partial charge in [0.1, 0.15) is 11.3 Å². The smallest absolute Gasteiger partial charge is 0.252 e. The van der Waals surface area contributed by atoms with Gasteiger partial charge in [0, 0.05) is 18.0 Å². The van der Waals surface area contributed by atoms with E-state index in [0.29, 0.717) is 24.0 Å². The van der Waals surface area contributed by atoms with Crippen LogP contribution in [0.3, 0.4) is 0 Å². The first-order chi connectivity index (χ1) is 13.9. The summed E-state index contributed by atoms with van der Waals surface area (Å²) in [5.74, 6) is -0.599. The number of nitrogens with one attached hydrogen (secondary N) is 1. The molecule has 1 fully saturated rings. The Bertz CT molecular complexity index is 1240. The van der Waals surface area contributed by atoms with Crippen molar-refractivity contribution in [2.45, 2.75) is 37.9 Å². The first-order valence-corrected chi connectivity index (χ1v) is 9.63. The molecule has 1 aliphatic rings. The average Bonchev–Trinajstić information content (AvgIpc) is 3.38. The fraction of sp³-hybridized carbons (Fsp3) is 0.286. The summed E-state index contributed by atoms with van der Waals surface area (Å²) in [6.45, 7) is 1.60. The summed E-state index contributed by atoms with van der Waals surface area (Å²) in [5.41, 5.74) is 8.30. The highest BCUT2D eigenvalue weighted by Gasteiger charge is 2.39. The van der Waals surface area contributed by atoms with E-state index in [1.165, 1.54) is 6.20 Å². The molecule has 2 atom stereocenters. The quantitative estimate of drug-likeness (QED) is 0.557. The Morgan fingerprint density at radius 2 is 2.24 bits per heavy atom. The Hall–Kier alpha value is -3.42.